The van der Waals surface area contributed by atoms with Crippen molar-refractivity contribution >= 4 is 26.8 Å². The lowest BCUT2D eigenvalue weighted by Gasteiger charge is -2.02. The van der Waals surface area contributed by atoms with Gasteiger partial charge in [-0.1, -0.05) is 12.1 Å². The van der Waals surface area contributed by atoms with Crippen LogP contribution < -0.4 is 5.32 Å². The number of benzene rings is 1. The summed E-state index contributed by atoms with van der Waals surface area (Å²) in [5.74, 6) is 0. The molecule has 0 radical (unpaired) electrons. The summed E-state index contributed by atoms with van der Waals surface area (Å²) in [4.78, 5) is 0. The van der Waals surface area contributed by atoms with Crippen LogP contribution in [-0.2, 0) is 6.42 Å². The Bertz CT molecular complexity index is 436. The number of aromatic nitrogens is 2. The third-order valence-electron chi connectivity index (χ3n) is 2.27. The number of H-pyrrole nitrogens is 1. The van der Waals surface area contributed by atoms with Crippen LogP contribution >= 0.6 is 15.9 Å². The molecule has 0 bridgehead atoms. The summed E-state index contributed by atoms with van der Waals surface area (Å²) in [6.07, 6.45) is 1.02. The molecule has 1 aromatic heterocycles. The quantitative estimate of drug-likeness (QED) is 0.880. The second-order valence-corrected chi connectivity index (χ2v) is 4.00. The molecule has 0 aliphatic carbocycles. The van der Waals surface area contributed by atoms with Crippen LogP contribution in [-0.4, -0.2) is 23.8 Å². The van der Waals surface area contributed by atoms with E-state index in [0.717, 1.165) is 23.1 Å². The highest BCUT2D eigenvalue weighted by atomic mass is 79.9. The molecule has 0 spiro atoms. The van der Waals surface area contributed by atoms with Crippen molar-refractivity contribution < 1.29 is 0 Å². The summed E-state index contributed by atoms with van der Waals surface area (Å²) in [6.45, 7) is 0.983. The molecule has 0 atom stereocenters. The summed E-state index contributed by atoms with van der Waals surface area (Å²) in [5.41, 5.74) is 2.34. The maximum absolute atomic E-state index is 4.19. The number of hydrogen-bond acceptors (Lipinski definition) is 2. The zero-order chi connectivity index (χ0) is 9.97. The van der Waals surface area contributed by atoms with Crippen LogP contribution in [0.1, 0.15) is 5.56 Å². The summed E-state index contributed by atoms with van der Waals surface area (Å²) in [6, 6.07) is 6.19. The minimum absolute atomic E-state index is 0.971. The first-order valence-electron chi connectivity index (χ1n) is 4.59. The first-order valence-corrected chi connectivity index (χ1v) is 5.38. The van der Waals surface area contributed by atoms with Crippen LogP contribution in [0.25, 0.3) is 10.9 Å². The molecule has 2 rings (SSSR count). The van der Waals surface area contributed by atoms with E-state index in [9.17, 15) is 0 Å². The first-order chi connectivity index (χ1) is 6.83. The van der Waals surface area contributed by atoms with E-state index in [0.29, 0.717) is 0 Å². The van der Waals surface area contributed by atoms with E-state index in [1.54, 1.807) is 0 Å². The van der Waals surface area contributed by atoms with Crippen molar-refractivity contribution in [2.75, 3.05) is 13.6 Å². The van der Waals surface area contributed by atoms with Gasteiger partial charge in [0.15, 0.2) is 0 Å². The molecule has 1 heterocycles. The highest BCUT2D eigenvalue weighted by molar-refractivity contribution is 9.10. The molecule has 0 aliphatic rings. The van der Waals surface area contributed by atoms with E-state index in [1.165, 1.54) is 10.9 Å². The Labute approximate surface area is 91.0 Å². The molecule has 2 aromatic rings. The van der Waals surface area contributed by atoms with E-state index in [4.69, 9.17) is 0 Å². The molecular formula is C10H12BrN3. The molecule has 1 aromatic carbocycles. The predicted molar refractivity (Wildman–Crippen MR) is 61.4 cm³/mol. The molecule has 4 heteroatoms. The molecule has 2 N–H and O–H groups in total. The van der Waals surface area contributed by atoms with Gasteiger partial charge in [0.2, 0.25) is 0 Å². The largest absolute Gasteiger partial charge is 0.319 e. The number of nitrogens with one attached hydrogen (secondary N) is 2. The second kappa shape index (κ2) is 4.11. The Morgan fingerprint density at radius 1 is 1.50 bits per heavy atom. The van der Waals surface area contributed by atoms with Crippen molar-refractivity contribution in [3.05, 3.63) is 28.4 Å². The highest BCUT2D eigenvalue weighted by Gasteiger charge is 2.06. The van der Waals surface area contributed by atoms with Gasteiger partial charge in [-0.15, -0.1) is 0 Å². The van der Waals surface area contributed by atoms with E-state index < -0.39 is 0 Å². The number of aromatic amines is 1. The van der Waals surface area contributed by atoms with Crippen molar-refractivity contribution in [2.45, 2.75) is 6.42 Å². The van der Waals surface area contributed by atoms with Crippen LogP contribution in [0.2, 0.25) is 0 Å². The van der Waals surface area contributed by atoms with Gasteiger partial charge in [0.1, 0.15) is 4.60 Å². The van der Waals surface area contributed by atoms with Gasteiger partial charge in [-0.05, 0) is 47.6 Å². The lowest BCUT2D eigenvalue weighted by Crippen LogP contribution is -2.10. The third-order valence-corrected chi connectivity index (χ3v) is 2.84. The lowest BCUT2D eigenvalue weighted by atomic mass is 10.1. The smallest absolute Gasteiger partial charge is 0.109 e. The topological polar surface area (TPSA) is 40.7 Å². The van der Waals surface area contributed by atoms with Crippen molar-refractivity contribution in [3.63, 3.8) is 0 Å². The molecular weight excluding hydrogens is 242 g/mol. The molecule has 0 saturated heterocycles. The van der Waals surface area contributed by atoms with Gasteiger partial charge in [-0.3, -0.25) is 5.10 Å². The maximum Gasteiger partial charge on any atom is 0.109 e. The number of halogens is 1. The van der Waals surface area contributed by atoms with Gasteiger partial charge >= 0.3 is 0 Å². The summed E-state index contributed by atoms with van der Waals surface area (Å²) < 4.78 is 0.971. The average Bonchev–Trinajstić information content (AvgIpc) is 2.58. The van der Waals surface area contributed by atoms with Crippen LogP contribution in [0.3, 0.4) is 0 Å². The molecule has 0 fully saturated rings. The van der Waals surface area contributed by atoms with E-state index >= 15 is 0 Å². The van der Waals surface area contributed by atoms with Crippen molar-refractivity contribution in [2.24, 2.45) is 0 Å². The summed E-state index contributed by atoms with van der Waals surface area (Å²) in [7, 11) is 1.96. The summed E-state index contributed by atoms with van der Waals surface area (Å²) >= 11 is 3.47. The van der Waals surface area contributed by atoms with Gasteiger partial charge in [-0.25, -0.2) is 0 Å². The zero-order valence-electron chi connectivity index (χ0n) is 7.97. The third kappa shape index (κ3) is 1.67. The van der Waals surface area contributed by atoms with Crippen molar-refractivity contribution in [3.8, 4) is 0 Å². The highest BCUT2D eigenvalue weighted by Crippen LogP contribution is 2.24. The average molecular weight is 254 g/mol. The van der Waals surface area contributed by atoms with Gasteiger partial charge in [-0.2, -0.15) is 5.10 Å². The summed E-state index contributed by atoms with van der Waals surface area (Å²) in [5, 5.41) is 11.5. The number of hydrogen-bond donors (Lipinski definition) is 2. The van der Waals surface area contributed by atoms with Crippen LogP contribution in [0, 0.1) is 0 Å². The van der Waals surface area contributed by atoms with Crippen LogP contribution in [0.4, 0.5) is 0 Å². The predicted octanol–water partition coefficient (Wildman–Crippen LogP) is 2.09. The Kier molecular flexibility index (Phi) is 2.84. The number of likely N-dealkylation sites (N-methyl/N-ethyl adjacent to an activating group) is 1. The number of rotatable bonds is 3. The SMILES string of the molecule is CNCCc1cccc2n[nH]c(Br)c12. The van der Waals surface area contributed by atoms with Gasteiger partial charge in [0.05, 0.1) is 5.52 Å². The van der Waals surface area contributed by atoms with E-state index in [1.807, 2.05) is 19.2 Å². The van der Waals surface area contributed by atoms with Crippen LogP contribution in [0.5, 0.6) is 0 Å². The Balaban J connectivity index is 2.46. The first kappa shape index (κ1) is 9.68. The molecule has 0 aliphatic heterocycles. The Hall–Kier alpha value is -0.870. The minimum Gasteiger partial charge on any atom is -0.319 e. The number of fused-ring (bicyclic) bond motifs is 1. The van der Waals surface area contributed by atoms with E-state index in [-0.39, 0.29) is 0 Å². The fraction of sp³-hybridized carbons (Fsp3) is 0.300. The lowest BCUT2D eigenvalue weighted by molar-refractivity contribution is 0.795. The molecule has 14 heavy (non-hydrogen) atoms. The Morgan fingerprint density at radius 3 is 3.14 bits per heavy atom. The number of nitrogens with zero attached hydrogens (tertiary/aromatic N) is 1. The molecule has 74 valence electrons. The fourth-order valence-corrected chi connectivity index (χ4v) is 2.11. The Morgan fingerprint density at radius 2 is 2.36 bits per heavy atom. The molecule has 0 unspecified atom stereocenters. The van der Waals surface area contributed by atoms with E-state index in [2.05, 4.69) is 37.5 Å². The normalized spacial score (nSPS) is 11.0. The molecule has 0 amide bonds. The fourth-order valence-electron chi connectivity index (χ4n) is 1.57. The standard InChI is InChI=1S/C10H12BrN3/c1-12-6-5-7-3-2-4-8-9(7)10(11)14-13-8/h2-4,12H,5-6H2,1H3,(H,13,14). The van der Waals surface area contributed by atoms with Crippen molar-refractivity contribution in [1.82, 2.24) is 15.5 Å². The molecule has 0 saturated carbocycles. The zero-order valence-corrected chi connectivity index (χ0v) is 9.56. The minimum atomic E-state index is 0.971. The van der Waals surface area contributed by atoms with Crippen molar-refractivity contribution in [1.29, 1.82) is 0 Å². The van der Waals surface area contributed by atoms with Crippen LogP contribution in [0.15, 0.2) is 22.8 Å². The molecule has 3 nitrogen and oxygen atoms in total. The monoisotopic (exact) mass is 253 g/mol. The van der Waals surface area contributed by atoms with Gasteiger partial charge in [0, 0.05) is 5.39 Å². The second-order valence-electron chi connectivity index (χ2n) is 3.20. The van der Waals surface area contributed by atoms with Gasteiger partial charge in [0.25, 0.3) is 0 Å². The van der Waals surface area contributed by atoms with Gasteiger partial charge < -0.3 is 5.32 Å². The maximum atomic E-state index is 4.19.